The maximum atomic E-state index is 13.9. The molecule has 1 saturated carbocycles. The van der Waals surface area contributed by atoms with Crippen LogP contribution >= 0.6 is 15.9 Å². The van der Waals surface area contributed by atoms with Gasteiger partial charge < -0.3 is 5.73 Å². The van der Waals surface area contributed by atoms with E-state index in [-0.39, 0.29) is 17.5 Å². The van der Waals surface area contributed by atoms with Crippen molar-refractivity contribution in [3.63, 3.8) is 0 Å². The predicted octanol–water partition coefficient (Wildman–Crippen LogP) is 3.71. The molecule has 1 aromatic rings. The molecule has 1 aliphatic carbocycles. The first-order valence-corrected chi connectivity index (χ1v) is 6.29. The van der Waals surface area contributed by atoms with Crippen LogP contribution in [0.5, 0.6) is 0 Å². The molecule has 0 heterocycles. The van der Waals surface area contributed by atoms with Gasteiger partial charge in [0.2, 0.25) is 0 Å². The third kappa shape index (κ3) is 2.13. The van der Waals surface area contributed by atoms with Crippen LogP contribution in [-0.2, 0) is 0 Å². The van der Waals surface area contributed by atoms with Gasteiger partial charge in [0, 0.05) is 17.5 Å². The van der Waals surface area contributed by atoms with Gasteiger partial charge in [-0.25, -0.2) is 8.78 Å². The van der Waals surface area contributed by atoms with Crippen molar-refractivity contribution in [3.05, 3.63) is 33.8 Å². The minimum atomic E-state index is -0.498. The molecule has 88 valence electrons. The first kappa shape index (κ1) is 12.0. The minimum Gasteiger partial charge on any atom is -0.327 e. The molecule has 2 atom stereocenters. The summed E-state index contributed by atoms with van der Waals surface area (Å²) in [6, 6.07) is 2.55. The lowest BCUT2D eigenvalue weighted by molar-refractivity contribution is 0.364. The summed E-state index contributed by atoms with van der Waals surface area (Å²) in [5.41, 5.74) is 6.10. The van der Waals surface area contributed by atoms with Gasteiger partial charge in [0.15, 0.2) is 0 Å². The molecule has 1 fully saturated rings. The fraction of sp³-hybridized carbons (Fsp3) is 0.500. The number of halogens is 3. The molecule has 1 nitrogen and oxygen atoms in total. The van der Waals surface area contributed by atoms with Crippen LogP contribution < -0.4 is 5.73 Å². The van der Waals surface area contributed by atoms with E-state index in [1.807, 2.05) is 0 Å². The zero-order valence-corrected chi connectivity index (χ0v) is 10.4. The molecule has 0 saturated heterocycles. The molecular formula is C12H14BrF2N. The summed E-state index contributed by atoms with van der Waals surface area (Å²) in [6.07, 6.45) is 3.65. The van der Waals surface area contributed by atoms with Gasteiger partial charge in [-0.3, -0.25) is 0 Å². The van der Waals surface area contributed by atoms with Crippen LogP contribution in [0.3, 0.4) is 0 Å². The molecule has 4 heteroatoms. The van der Waals surface area contributed by atoms with E-state index in [2.05, 4.69) is 15.9 Å². The Hall–Kier alpha value is -0.480. The Balaban J connectivity index is 2.42. The highest BCUT2D eigenvalue weighted by atomic mass is 79.9. The van der Waals surface area contributed by atoms with Crippen molar-refractivity contribution in [3.8, 4) is 0 Å². The molecule has 1 aliphatic rings. The Morgan fingerprint density at radius 3 is 2.56 bits per heavy atom. The molecule has 0 spiro atoms. The van der Waals surface area contributed by atoms with Crippen LogP contribution in [0, 0.1) is 11.6 Å². The molecule has 2 unspecified atom stereocenters. The van der Waals surface area contributed by atoms with Gasteiger partial charge >= 0.3 is 0 Å². The second-order valence-electron chi connectivity index (χ2n) is 4.31. The largest absolute Gasteiger partial charge is 0.327 e. The fourth-order valence-electron chi connectivity index (χ4n) is 2.40. The Bertz CT molecular complexity index is 395. The molecular weight excluding hydrogens is 276 g/mol. The van der Waals surface area contributed by atoms with Gasteiger partial charge in [-0.05, 0) is 40.9 Å². The summed E-state index contributed by atoms with van der Waals surface area (Å²) in [5.74, 6) is -1.17. The van der Waals surface area contributed by atoms with Gasteiger partial charge in [0.1, 0.15) is 11.6 Å². The fourth-order valence-corrected chi connectivity index (χ4v) is 2.75. The average Bonchev–Trinajstić information content (AvgIpc) is 2.27. The lowest BCUT2D eigenvalue weighted by atomic mass is 9.80. The zero-order valence-electron chi connectivity index (χ0n) is 8.85. The summed E-state index contributed by atoms with van der Waals surface area (Å²) < 4.78 is 27.9. The van der Waals surface area contributed by atoms with Crippen molar-refractivity contribution < 1.29 is 8.78 Å². The van der Waals surface area contributed by atoms with Crippen LogP contribution in [0.4, 0.5) is 8.78 Å². The van der Waals surface area contributed by atoms with Gasteiger partial charge in [0.05, 0.1) is 4.47 Å². The van der Waals surface area contributed by atoms with Crippen LogP contribution in [0.1, 0.15) is 37.2 Å². The highest BCUT2D eigenvalue weighted by Gasteiger charge is 2.29. The van der Waals surface area contributed by atoms with Gasteiger partial charge in [-0.15, -0.1) is 0 Å². The van der Waals surface area contributed by atoms with Gasteiger partial charge in [0.25, 0.3) is 0 Å². The monoisotopic (exact) mass is 289 g/mol. The lowest BCUT2D eigenvalue weighted by Gasteiger charge is -2.29. The quantitative estimate of drug-likeness (QED) is 0.784. The molecule has 0 aromatic heterocycles. The van der Waals surface area contributed by atoms with Crippen molar-refractivity contribution in [1.82, 2.24) is 0 Å². The van der Waals surface area contributed by atoms with Crippen LogP contribution in [0.25, 0.3) is 0 Å². The number of hydrogen-bond acceptors (Lipinski definition) is 1. The van der Waals surface area contributed by atoms with Gasteiger partial charge in [-0.1, -0.05) is 12.8 Å². The maximum absolute atomic E-state index is 13.9. The number of benzene rings is 1. The zero-order chi connectivity index (χ0) is 11.7. The first-order valence-electron chi connectivity index (χ1n) is 5.50. The normalized spacial score (nSPS) is 25.8. The van der Waals surface area contributed by atoms with E-state index in [0.29, 0.717) is 4.47 Å². The van der Waals surface area contributed by atoms with Crippen molar-refractivity contribution in [2.75, 3.05) is 0 Å². The van der Waals surface area contributed by atoms with E-state index in [0.717, 1.165) is 25.7 Å². The smallest absolute Gasteiger partial charge is 0.143 e. The second kappa shape index (κ2) is 4.80. The molecule has 0 bridgehead atoms. The molecule has 1 aromatic carbocycles. The molecule has 16 heavy (non-hydrogen) atoms. The Kier molecular flexibility index (Phi) is 3.60. The van der Waals surface area contributed by atoms with Gasteiger partial charge in [-0.2, -0.15) is 0 Å². The summed E-state index contributed by atoms with van der Waals surface area (Å²) in [4.78, 5) is 0. The van der Waals surface area contributed by atoms with E-state index in [1.165, 1.54) is 12.1 Å². The number of hydrogen-bond donors (Lipinski definition) is 1. The summed E-state index contributed by atoms with van der Waals surface area (Å²) in [7, 11) is 0. The second-order valence-corrected chi connectivity index (χ2v) is 5.17. The molecule has 0 aliphatic heterocycles. The standard InChI is InChI=1S/C12H14BrF2N/c13-8-5-6-9(14)11(12(8)15)7-3-1-2-4-10(7)16/h5-7,10H,1-4,16H2. The van der Waals surface area contributed by atoms with Crippen molar-refractivity contribution >= 4 is 15.9 Å². The first-order chi connectivity index (χ1) is 7.61. The third-order valence-corrected chi connectivity index (χ3v) is 3.88. The summed E-state index contributed by atoms with van der Waals surface area (Å²) >= 11 is 3.08. The van der Waals surface area contributed by atoms with Crippen molar-refractivity contribution in [1.29, 1.82) is 0 Å². The van der Waals surface area contributed by atoms with Crippen LogP contribution in [0.2, 0.25) is 0 Å². The molecule has 2 N–H and O–H groups in total. The summed E-state index contributed by atoms with van der Waals surface area (Å²) in [5, 5.41) is 0. The Labute approximate surface area is 102 Å². The highest BCUT2D eigenvalue weighted by Crippen LogP contribution is 2.36. The van der Waals surface area contributed by atoms with Crippen LogP contribution in [-0.4, -0.2) is 6.04 Å². The van der Waals surface area contributed by atoms with E-state index in [9.17, 15) is 8.78 Å². The topological polar surface area (TPSA) is 26.0 Å². The summed E-state index contributed by atoms with van der Waals surface area (Å²) in [6.45, 7) is 0. The van der Waals surface area contributed by atoms with Crippen molar-refractivity contribution in [2.45, 2.75) is 37.6 Å². The Morgan fingerprint density at radius 2 is 1.88 bits per heavy atom. The van der Waals surface area contributed by atoms with E-state index in [4.69, 9.17) is 5.73 Å². The third-order valence-electron chi connectivity index (χ3n) is 3.27. The highest BCUT2D eigenvalue weighted by molar-refractivity contribution is 9.10. The SMILES string of the molecule is NC1CCCCC1c1c(F)ccc(Br)c1F. The molecule has 0 amide bonds. The molecule has 2 rings (SSSR count). The van der Waals surface area contributed by atoms with E-state index in [1.54, 1.807) is 0 Å². The average molecular weight is 290 g/mol. The maximum Gasteiger partial charge on any atom is 0.143 e. The molecule has 0 radical (unpaired) electrons. The predicted molar refractivity (Wildman–Crippen MR) is 63.2 cm³/mol. The number of nitrogens with two attached hydrogens (primary N) is 1. The minimum absolute atomic E-state index is 0.132. The van der Waals surface area contributed by atoms with Crippen molar-refractivity contribution in [2.24, 2.45) is 5.73 Å². The van der Waals surface area contributed by atoms with E-state index < -0.39 is 11.6 Å². The lowest BCUT2D eigenvalue weighted by Crippen LogP contribution is -2.32. The Morgan fingerprint density at radius 1 is 1.19 bits per heavy atom. The van der Waals surface area contributed by atoms with Crippen LogP contribution in [0.15, 0.2) is 16.6 Å². The van der Waals surface area contributed by atoms with E-state index >= 15 is 0 Å². The number of rotatable bonds is 1.